The van der Waals surface area contributed by atoms with Gasteiger partial charge in [0.05, 0.1) is 11.8 Å². The number of benzene rings is 2. The Morgan fingerprint density at radius 1 is 0.946 bits per heavy atom. The number of rotatable bonds is 21. The Labute approximate surface area is 330 Å². The molecule has 2 heterocycles. The lowest BCUT2D eigenvalue weighted by atomic mass is 9.81. The molecule has 56 heavy (non-hydrogen) atoms. The number of carboxylic acids is 1. The Morgan fingerprint density at radius 2 is 1.68 bits per heavy atom. The van der Waals surface area contributed by atoms with Crippen molar-refractivity contribution in [2.75, 3.05) is 31.1 Å². The Bertz CT molecular complexity index is 1850. The molecule has 5 rings (SSSR count). The molecule has 0 bridgehead atoms. The molecule has 2 atom stereocenters. The third-order valence-electron chi connectivity index (χ3n) is 10.4. The van der Waals surface area contributed by atoms with Gasteiger partial charge in [-0.1, -0.05) is 56.0 Å². The first-order valence-electron chi connectivity index (χ1n) is 19.4. The highest BCUT2D eigenvalue weighted by Gasteiger charge is 2.35. The molecule has 4 amide bonds. The summed E-state index contributed by atoms with van der Waals surface area (Å²) in [5.74, 6) is -3.67. The minimum absolute atomic E-state index is 0.0365. The number of nitrogens with two attached hydrogens (primary N) is 1. The van der Waals surface area contributed by atoms with Crippen molar-refractivity contribution in [3.05, 3.63) is 95.8 Å². The molecular formula is C42H51F2N5O6S. The number of hydrogen-bond acceptors (Lipinski definition) is 7. The summed E-state index contributed by atoms with van der Waals surface area (Å²) in [7, 11) is 0. The van der Waals surface area contributed by atoms with Crippen LogP contribution in [0.15, 0.2) is 72.9 Å². The number of amides is 4. The summed E-state index contributed by atoms with van der Waals surface area (Å²) in [4.78, 5) is 65.6. The Morgan fingerprint density at radius 3 is 2.38 bits per heavy atom. The van der Waals surface area contributed by atoms with Gasteiger partial charge in [0.25, 0.3) is 11.8 Å². The molecule has 11 nitrogen and oxygen atoms in total. The first-order valence-corrected chi connectivity index (χ1v) is 20.5. The third kappa shape index (κ3) is 11.6. The van der Waals surface area contributed by atoms with E-state index in [0.717, 1.165) is 72.2 Å². The topological polar surface area (TPSA) is 155 Å². The molecule has 300 valence electrons. The Kier molecular flexibility index (Phi) is 15.8. The number of nitrogens with one attached hydrogen (secondary N) is 1. The zero-order chi connectivity index (χ0) is 40.0. The van der Waals surface area contributed by atoms with Crippen LogP contribution in [-0.4, -0.2) is 86.3 Å². The smallest absolute Gasteiger partial charge is 0.327 e. The molecule has 0 saturated heterocycles. The van der Waals surface area contributed by atoms with E-state index in [1.165, 1.54) is 18.2 Å². The molecule has 1 fully saturated rings. The summed E-state index contributed by atoms with van der Waals surface area (Å²) >= 11 is 1.13. The number of aliphatic carboxylic acids is 1. The molecule has 4 N–H and O–H groups in total. The summed E-state index contributed by atoms with van der Waals surface area (Å²) in [6.45, 7) is 1.40. The third-order valence-corrected chi connectivity index (χ3v) is 11.4. The summed E-state index contributed by atoms with van der Waals surface area (Å²) < 4.78 is 31.7. The van der Waals surface area contributed by atoms with Gasteiger partial charge in [-0.2, -0.15) is 0 Å². The lowest BCUT2D eigenvalue weighted by Gasteiger charge is -2.39. The van der Waals surface area contributed by atoms with Gasteiger partial charge in [0.1, 0.15) is 17.7 Å². The average molecular weight is 792 g/mol. The molecule has 2 aromatic carbocycles. The van der Waals surface area contributed by atoms with Gasteiger partial charge in [0.2, 0.25) is 11.8 Å². The highest BCUT2D eigenvalue weighted by Crippen LogP contribution is 2.41. The van der Waals surface area contributed by atoms with Gasteiger partial charge in [0.15, 0.2) is 0 Å². The number of imide groups is 1. The van der Waals surface area contributed by atoms with Crippen LogP contribution in [0, 0.1) is 17.6 Å². The second-order valence-corrected chi connectivity index (χ2v) is 15.4. The quantitative estimate of drug-likeness (QED) is 0.0869. The lowest BCUT2D eigenvalue weighted by Crippen LogP contribution is -2.44. The maximum absolute atomic E-state index is 15.2. The summed E-state index contributed by atoms with van der Waals surface area (Å²) in [5, 5.41) is 12.5. The van der Waals surface area contributed by atoms with Crippen molar-refractivity contribution in [2.45, 2.75) is 82.8 Å². The van der Waals surface area contributed by atoms with E-state index in [1.54, 1.807) is 0 Å². The Hall–Kier alpha value is -4.82. The molecule has 1 aliphatic carbocycles. The van der Waals surface area contributed by atoms with Crippen molar-refractivity contribution in [3.63, 3.8) is 0 Å². The monoisotopic (exact) mass is 791 g/mol. The SMILES string of the molecule is NCCCN(C(=O)CSCC(NC(=O)CCCCCN1C(=O)C=CC1=O)C(=O)O)C(c1cc(-c2cc(F)ccc2F)cn1Cc1ccccc1)C1CCCCC1. The molecule has 2 unspecified atom stereocenters. The predicted octanol–water partition coefficient (Wildman–Crippen LogP) is 6.07. The fraction of sp³-hybridized carbons (Fsp3) is 0.452. The van der Waals surface area contributed by atoms with E-state index < -0.39 is 35.6 Å². The van der Waals surface area contributed by atoms with E-state index in [1.807, 2.05) is 52.1 Å². The predicted molar refractivity (Wildman–Crippen MR) is 211 cm³/mol. The van der Waals surface area contributed by atoms with Crippen LogP contribution in [0.1, 0.15) is 81.5 Å². The maximum atomic E-state index is 15.2. The molecule has 1 aliphatic heterocycles. The Balaban J connectivity index is 1.30. The van der Waals surface area contributed by atoms with E-state index in [0.29, 0.717) is 50.9 Å². The van der Waals surface area contributed by atoms with Crippen molar-refractivity contribution >= 4 is 41.4 Å². The number of carbonyl (C=O) groups excluding carboxylic acids is 4. The molecule has 1 aromatic heterocycles. The van der Waals surface area contributed by atoms with Crippen molar-refractivity contribution in [1.82, 2.24) is 19.7 Å². The normalized spacial score (nSPS) is 15.6. The molecule has 3 aromatic rings. The summed E-state index contributed by atoms with van der Waals surface area (Å²) in [6.07, 6.45) is 11.2. The van der Waals surface area contributed by atoms with Gasteiger partial charge in [0, 0.05) is 67.0 Å². The van der Waals surface area contributed by atoms with Gasteiger partial charge in [-0.15, -0.1) is 11.8 Å². The van der Waals surface area contributed by atoms with Crippen molar-refractivity contribution in [2.24, 2.45) is 11.7 Å². The zero-order valence-electron chi connectivity index (χ0n) is 31.5. The minimum Gasteiger partial charge on any atom is -0.480 e. The fourth-order valence-corrected chi connectivity index (χ4v) is 8.44. The number of halogens is 2. The van der Waals surface area contributed by atoms with Gasteiger partial charge in [-0.3, -0.25) is 24.1 Å². The maximum Gasteiger partial charge on any atom is 0.327 e. The highest BCUT2D eigenvalue weighted by atomic mass is 32.2. The van der Waals surface area contributed by atoms with E-state index >= 15 is 4.39 Å². The second-order valence-electron chi connectivity index (χ2n) is 14.4. The van der Waals surface area contributed by atoms with Crippen LogP contribution in [0.3, 0.4) is 0 Å². The van der Waals surface area contributed by atoms with E-state index in [2.05, 4.69) is 5.32 Å². The molecule has 1 saturated carbocycles. The minimum atomic E-state index is -1.22. The highest BCUT2D eigenvalue weighted by molar-refractivity contribution is 8.00. The largest absolute Gasteiger partial charge is 0.480 e. The molecular weight excluding hydrogens is 741 g/mol. The van der Waals surface area contributed by atoms with Gasteiger partial charge in [-0.05, 0) is 74.4 Å². The number of unbranched alkanes of at least 4 members (excludes halogenated alkanes) is 2. The van der Waals surface area contributed by atoms with E-state index in [9.17, 15) is 33.5 Å². The fourth-order valence-electron chi connectivity index (χ4n) is 7.52. The van der Waals surface area contributed by atoms with Crippen molar-refractivity contribution < 1.29 is 37.9 Å². The van der Waals surface area contributed by atoms with Crippen molar-refractivity contribution in [3.8, 4) is 11.1 Å². The number of carbonyl (C=O) groups is 5. The van der Waals surface area contributed by atoms with Crippen LogP contribution in [0.25, 0.3) is 11.1 Å². The van der Waals surface area contributed by atoms with Crippen molar-refractivity contribution in [1.29, 1.82) is 0 Å². The number of thioether (sulfide) groups is 1. The molecule has 0 radical (unpaired) electrons. The number of hydrogen-bond donors (Lipinski definition) is 3. The van der Waals surface area contributed by atoms with Gasteiger partial charge >= 0.3 is 5.97 Å². The number of nitrogens with zero attached hydrogens (tertiary/aromatic N) is 3. The molecule has 14 heteroatoms. The first kappa shape index (κ1) is 42.3. The van der Waals surface area contributed by atoms with E-state index in [-0.39, 0.29) is 53.7 Å². The average Bonchev–Trinajstić information content (AvgIpc) is 3.75. The van der Waals surface area contributed by atoms with E-state index in [4.69, 9.17) is 5.73 Å². The lowest BCUT2D eigenvalue weighted by molar-refractivity contribution is -0.141. The van der Waals surface area contributed by atoms with Gasteiger partial charge in [-0.25, -0.2) is 13.6 Å². The zero-order valence-corrected chi connectivity index (χ0v) is 32.4. The van der Waals surface area contributed by atoms with Crippen LogP contribution < -0.4 is 11.1 Å². The van der Waals surface area contributed by atoms with Crippen LogP contribution in [0.5, 0.6) is 0 Å². The summed E-state index contributed by atoms with van der Waals surface area (Å²) in [5.41, 5.74) is 8.43. The standard InChI is InChI=1S/C42H51F2N5O6S/c43-32-16-17-34(44)33(24-32)31-23-36(47(26-31)25-29-11-4-1-5-12-29)41(30-13-6-2-7-14-30)49(22-10-20-45)40(53)28-56-27-35(42(54)55)46-37(50)15-8-3-9-21-48-38(51)18-19-39(48)52/h1,4-5,11-12,16-19,23-24,26,30,35,41H,2-3,6-10,13-15,20-22,25,27-28,45H2,(H,46,50)(H,54,55). The van der Waals surface area contributed by atoms with Crippen LogP contribution in [0.2, 0.25) is 0 Å². The number of aromatic nitrogens is 1. The van der Waals surface area contributed by atoms with Crippen LogP contribution in [0.4, 0.5) is 8.78 Å². The molecule has 0 spiro atoms. The van der Waals surface area contributed by atoms with Crippen LogP contribution >= 0.6 is 11.8 Å². The number of carboxylic acid groups (broad SMARTS) is 1. The van der Waals surface area contributed by atoms with Crippen LogP contribution in [-0.2, 0) is 30.5 Å². The molecule has 2 aliphatic rings. The van der Waals surface area contributed by atoms with Gasteiger partial charge < -0.3 is 25.6 Å². The second kappa shape index (κ2) is 20.9. The summed E-state index contributed by atoms with van der Waals surface area (Å²) in [6, 6.07) is 13.4. The first-order chi connectivity index (χ1) is 27.0.